The van der Waals surface area contributed by atoms with E-state index in [4.69, 9.17) is 45.8 Å². The summed E-state index contributed by atoms with van der Waals surface area (Å²) in [6, 6.07) is 39.5. The molecule has 3 N–H and O–H groups in total. The van der Waals surface area contributed by atoms with Crippen LogP contribution in [-0.2, 0) is 0 Å². The standard InChI is InChI=1S/C16H16N4O2.C15H14N4O2.C8H11NO2.C7H4ClN3/c1-20(11-8-9-14(21-2)15(10-11)22-3)16-12-6-4-5-7-13(12)17-19-18-16;1-20-13-8-7-10(9-14(13)21-2)16-15-11-5-3-4-6-12(11)17-19-18-15;1-10-7-4-3-6(9)5-8(7)11-2;8-7-5-3-1-2-4-6(5)9-11-10-7/h4-10H,1-3H3;3-9H,1-2H3,(H,16,17,18);3-5H,9H2,1-2H3;1-4H. The Balaban J connectivity index is 0.000000151. The maximum Gasteiger partial charge on any atom is 0.166 e. The maximum atomic E-state index is 5.74. The molecule has 0 radical (unpaired) electrons. The summed E-state index contributed by atoms with van der Waals surface area (Å²) >= 11 is 5.74. The van der Waals surface area contributed by atoms with Crippen molar-refractivity contribution in [2.24, 2.45) is 0 Å². The Hall–Kier alpha value is -8.38. The number of aromatic nitrogens is 9. The SMILES string of the molecule is COc1ccc(N(C)c2nnnc3ccccc23)cc1OC.COc1ccc(N)cc1OC.COc1ccc(Nc2nnnc3ccccc23)cc1OC.Clc1nnnc2ccccc12. The Labute approximate surface area is 379 Å². The van der Waals surface area contributed by atoms with Crippen molar-refractivity contribution in [3.05, 3.63) is 133 Å². The minimum atomic E-state index is 0.399. The fourth-order valence-corrected chi connectivity index (χ4v) is 6.34. The summed E-state index contributed by atoms with van der Waals surface area (Å²) in [6.07, 6.45) is 0. The summed E-state index contributed by atoms with van der Waals surface area (Å²) in [6.45, 7) is 0. The molecule has 9 aromatic rings. The zero-order chi connectivity index (χ0) is 46.1. The molecule has 3 aromatic heterocycles. The number of halogens is 1. The van der Waals surface area contributed by atoms with Crippen LogP contribution in [0.1, 0.15) is 0 Å². The van der Waals surface area contributed by atoms with Gasteiger partial charge in [-0.2, -0.15) is 0 Å². The molecule has 0 atom stereocenters. The van der Waals surface area contributed by atoms with Crippen LogP contribution >= 0.6 is 11.6 Å². The molecule has 6 aromatic carbocycles. The van der Waals surface area contributed by atoms with Gasteiger partial charge in [0.25, 0.3) is 0 Å². The average molecular weight is 897 g/mol. The second-order valence-electron chi connectivity index (χ2n) is 13.3. The smallest absolute Gasteiger partial charge is 0.166 e. The Kier molecular flexibility index (Phi) is 16.1. The molecule has 0 amide bonds. The van der Waals surface area contributed by atoms with E-state index in [1.54, 1.807) is 60.9 Å². The average Bonchev–Trinajstić information content (AvgIpc) is 3.36. The molecule has 0 saturated heterocycles. The first-order chi connectivity index (χ1) is 31.7. The highest BCUT2D eigenvalue weighted by molar-refractivity contribution is 6.33. The van der Waals surface area contributed by atoms with Crippen molar-refractivity contribution in [3.8, 4) is 34.5 Å². The molecule has 9 rings (SSSR count). The second-order valence-corrected chi connectivity index (χ2v) is 13.6. The second kappa shape index (κ2) is 22.6. The van der Waals surface area contributed by atoms with Crippen LogP contribution in [0, 0.1) is 0 Å². The van der Waals surface area contributed by atoms with E-state index in [1.165, 1.54) is 0 Å². The summed E-state index contributed by atoms with van der Waals surface area (Å²) in [5.74, 6) is 5.41. The number of nitrogens with one attached hydrogen (secondary N) is 1. The molecular formula is C46H45ClN12O6. The van der Waals surface area contributed by atoms with Gasteiger partial charge >= 0.3 is 0 Å². The number of methoxy groups -OCH3 is 6. The minimum absolute atomic E-state index is 0.399. The number of ether oxygens (including phenoxy) is 6. The van der Waals surface area contributed by atoms with E-state index in [2.05, 4.69) is 51.5 Å². The van der Waals surface area contributed by atoms with Gasteiger partial charge in [0.05, 0.1) is 59.2 Å². The molecular weight excluding hydrogens is 852 g/mol. The lowest BCUT2D eigenvalue weighted by molar-refractivity contribution is 0.355. The number of anilines is 5. The zero-order valence-corrected chi connectivity index (χ0v) is 37.3. The molecule has 0 spiro atoms. The molecule has 332 valence electrons. The number of hydrogen-bond acceptors (Lipinski definition) is 18. The van der Waals surface area contributed by atoms with Crippen molar-refractivity contribution in [2.75, 3.05) is 65.7 Å². The van der Waals surface area contributed by atoms with Crippen LogP contribution < -0.4 is 44.4 Å². The molecule has 0 fully saturated rings. The minimum Gasteiger partial charge on any atom is -0.493 e. The van der Waals surface area contributed by atoms with Gasteiger partial charge in [0, 0.05) is 58.5 Å². The van der Waals surface area contributed by atoms with E-state index in [1.807, 2.05) is 121 Å². The van der Waals surface area contributed by atoms with Crippen molar-refractivity contribution in [3.63, 3.8) is 0 Å². The molecule has 0 aliphatic heterocycles. The van der Waals surface area contributed by atoms with Crippen molar-refractivity contribution in [2.45, 2.75) is 0 Å². The van der Waals surface area contributed by atoms with Gasteiger partial charge in [-0.05, 0) is 88.4 Å². The van der Waals surface area contributed by atoms with Gasteiger partial charge in [-0.15, -0.1) is 30.6 Å². The Morgan fingerprint density at radius 2 is 0.923 bits per heavy atom. The van der Waals surface area contributed by atoms with Crippen molar-refractivity contribution in [1.82, 2.24) is 46.2 Å². The molecule has 0 aliphatic rings. The predicted octanol–water partition coefficient (Wildman–Crippen LogP) is 8.56. The summed E-state index contributed by atoms with van der Waals surface area (Å²) in [7, 11) is 11.5. The lowest BCUT2D eigenvalue weighted by Crippen LogP contribution is -2.13. The lowest BCUT2D eigenvalue weighted by Gasteiger charge is -2.20. The van der Waals surface area contributed by atoms with Gasteiger partial charge in [-0.25, -0.2) is 0 Å². The Bertz CT molecular complexity index is 2970. The normalized spacial score (nSPS) is 10.2. The fraction of sp³-hybridized carbons (Fsp3) is 0.152. The number of rotatable bonds is 10. The van der Waals surface area contributed by atoms with E-state index in [0.29, 0.717) is 51.2 Å². The van der Waals surface area contributed by atoms with Gasteiger partial charge in [0.15, 0.2) is 51.3 Å². The molecule has 0 saturated carbocycles. The van der Waals surface area contributed by atoms with Gasteiger partial charge in [-0.1, -0.05) is 48.0 Å². The first-order valence-electron chi connectivity index (χ1n) is 19.5. The number of benzene rings is 6. The molecule has 65 heavy (non-hydrogen) atoms. The van der Waals surface area contributed by atoms with E-state index in [9.17, 15) is 0 Å². The maximum absolute atomic E-state index is 5.74. The summed E-state index contributed by atoms with van der Waals surface area (Å²) in [5.41, 5.74) is 10.3. The molecule has 0 bridgehead atoms. The van der Waals surface area contributed by atoms with Crippen LogP contribution in [0.25, 0.3) is 32.7 Å². The third-order valence-corrected chi connectivity index (χ3v) is 9.71. The lowest BCUT2D eigenvalue weighted by atomic mass is 10.2. The number of nitrogen functional groups attached to an aromatic ring is 1. The van der Waals surface area contributed by atoms with Crippen LogP contribution in [0.3, 0.4) is 0 Å². The Morgan fingerprint density at radius 1 is 0.462 bits per heavy atom. The third-order valence-electron chi connectivity index (χ3n) is 9.43. The monoisotopic (exact) mass is 896 g/mol. The molecule has 0 aliphatic carbocycles. The topological polar surface area (TPSA) is 213 Å². The number of nitrogens with zero attached hydrogens (tertiary/aromatic N) is 10. The zero-order valence-electron chi connectivity index (χ0n) is 36.5. The van der Waals surface area contributed by atoms with Gasteiger partial charge in [0.2, 0.25) is 0 Å². The number of fused-ring (bicyclic) bond motifs is 3. The van der Waals surface area contributed by atoms with Crippen molar-refractivity contribution in [1.29, 1.82) is 0 Å². The van der Waals surface area contributed by atoms with Crippen LogP contribution in [0.15, 0.2) is 127 Å². The van der Waals surface area contributed by atoms with E-state index in [-0.39, 0.29) is 0 Å². The highest BCUT2D eigenvalue weighted by atomic mass is 35.5. The number of nitrogens with two attached hydrogens (primary N) is 1. The Morgan fingerprint density at radius 3 is 1.52 bits per heavy atom. The summed E-state index contributed by atoms with van der Waals surface area (Å²) in [4.78, 5) is 1.94. The summed E-state index contributed by atoms with van der Waals surface area (Å²) in [5, 5.41) is 41.1. The predicted molar refractivity (Wildman–Crippen MR) is 251 cm³/mol. The fourth-order valence-electron chi connectivity index (χ4n) is 6.15. The van der Waals surface area contributed by atoms with Gasteiger partial charge in [-0.3, -0.25) is 0 Å². The van der Waals surface area contributed by atoms with Crippen LogP contribution in [-0.4, -0.2) is 95.9 Å². The van der Waals surface area contributed by atoms with Crippen LogP contribution in [0.2, 0.25) is 5.15 Å². The summed E-state index contributed by atoms with van der Waals surface area (Å²) < 4.78 is 31.1. The highest BCUT2D eigenvalue weighted by Crippen LogP contribution is 2.35. The molecule has 18 nitrogen and oxygen atoms in total. The van der Waals surface area contributed by atoms with Crippen LogP contribution in [0.5, 0.6) is 34.5 Å². The quantitative estimate of drug-likeness (QED) is 0.123. The number of hydrogen-bond donors (Lipinski definition) is 2. The highest BCUT2D eigenvalue weighted by Gasteiger charge is 2.14. The van der Waals surface area contributed by atoms with E-state index < -0.39 is 0 Å². The van der Waals surface area contributed by atoms with Crippen molar-refractivity contribution >= 4 is 73.0 Å². The van der Waals surface area contributed by atoms with Crippen molar-refractivity contribution < 1.29 is 28.4 Å². The molecule has 19 heteroatoms. The van der Waals surface area contributed by atoms with E-state index in [0.717, 1.165) is 49.9 Å². The first kappa shape index (κ1) is 46.1. The van der Waals surface area contributed by atoms with Crippen LogP contribution in [0.4, 0.5) is 28.7 Å². The molecule has 0 unspecified atom stereocenters. The van der Waals surface area contributed by atoms with Gasteiger partial charge in [0.1, 0.15) is 0 Å². The third kappa shape index (κ3) is 11.6. The van der Waals surface area contributed by atoms with E-state index >= 15 is 0 Å². The van der Waals surface area contributed by atoms with Gasteiger partial charge < -0.3 is 44.4 Å². The molecule has 3 heterocycles. The largest absolute Gasteiger partial charge is 0.493 e. The first-order valence-corrected chi connectivity index (χ1v) is 19.9.